The molecule has 0 radical (unpaired) electrons. The Morgan fingerprint density at radius 1 is 1.06 bits per heavy atom. The molecule has 1 unspecified atom stereocenters. The highest BCUT2D eigenvalue weighted by atomic mass is 31.2. The van der Waals surface area contributed by atoms with Crippen LogP contribution in [-0.4, -0.2) is 75.7 Å². The standard InChI is InChI=1S/C30H37FN5O10P/c1-16(2)25(37)42-23-22(20-12-13-21-24(32)33-15-34-36(20)21)43-29(14-31)28(30(23,29)44-26(38)17(3)4)46-47(40,35-18(5)27(39)41-6)45-19-10-8-7-9-11-19/h7-13,15-18,22-23,28H,14H2,1-6H3,(H,35,40)(H2,32,33,34)/t18-,22-,23-,28?,29+,30+,47-/m0/s1. The van der Waals surface area contributed by atoms with Gasteiger partial charge in [0.25, 0.3) is 0 Å². The molecule has 1 aliphatic carbocycles. The second-order valence-corrected chi connectivity index (χ2v) is 13.6. The maximum Gasteiger partial charge on any atom is 0.459 e. The minimum Gasteiger partial charge on any atom is -0.468 e. The molecule has 2 aliphatic rings. The molecule has 1 aromatic carbocycles. The average molecular weight is 678 g/mol. The first-order chi connectivity index (χ1) is 22.2. The molecule has 1 saturated heterocycles. The number of hydrogen-bond acceptors (Lipinski definition) is 13. The molecule has 5 rings (SSSR count). The van der Waals surface area contributed by atoms with E-state index in [4.69, 9.17) is 33.7 Å². The molecule has 3 heterocycles. The minimum absolute atomic E-state index is 0.0761. The van der Waals surface area contributed by atoms with Crippen LogP contribution < -0.4 is 15.3 Å². The number of nitrogens with two attached hydrogens (primary N) is 1. The van der Waals surface area contributed by atoms with Gasteiger partial charge in [-0.25, -0.2) is 18.5 Å². The Morgan fingerprint density at radius 2 is 1.74 bits per heavy atom. The average Bonchev–Trinajstić information content (AvgIpc) is 3.28. The zero-order chi connectivity index (χ0) is 34.3. The summed E-state index contributed by atoms with van der Waals surface area (Å²) in [6, 6.07) is 9.83. The third-order valence-electron chi connectivity index (χ3n) is 8.00. The van der Waals surface area contributed by atoms with Gasteiger partial charge in [-0.1, -0.05) is 45.9 Å². The van der Waals surface area contributed by atoms with Gasteiger partial charge in [-0.2, -0.15) is 10.2 Å². The third kappa shape index (κ3) is 5.94. The molecule has 47 heavy (non-hydrogen) atoms. The molecule has 17 heteroatoms. The molecule has 0 spiro atoms. The lowest BCUT2D eigenvalue weighted by molar-refractivity contribution is -0.181. The van der Waals surface area contributed by atoms with Crippen LogP contribution in [0.1, 0.15) is 46.4 Å². The van der Waals surface area contributed by atoms with Gasteiger partial charge < -0.3 is 29.2 Å². The number of rotatable bonds is 13. The number of alkyl halides is 1. The number of esters is 3. The maximum atomic E-state index is 15.6. The Labute approximate surface area is 269 Å². The normalized spacial score (nSPS) is 26.8. The Balaban J connectivity index is 1.64. The number of nitrogens with zero attached hydrogens (tertiary/aromatic N) is 3. The number of methoxy groups -OCH3 is 1. The molecule has 2 aromatic heterocycles. The van der Waals surface area contributed by atoms with Crippen LogP contribution in [0.15, 0.2) is 48.8 Å². The van der Waals surface area contributed by atoms with Gasteiger partial charge in [-0.15, -0.1) is 0 Å². The summed E-state index contributed by atoms with van der Waals surface area (Å²) in [5.74, 6) is -3.50. The van der Waals surface area contributed by atoms with Crippen LogP contribution in [0.2, 0.25) is 0 Å². The number of anilines is 1. The maximum absolute atomic E-state index is 15.6. The highest BCUT2D eigenvalue weighted by Crippen LogP contribution is 2.71. The van der Waals surface area contributed by atoms with E-state index in [0.29, 0.717) is 5.52 Å². The van der Waals surface area contributed by atoms with E-state index >= 15 is 4.39 Å². The number of hydrogen-bond donors (Lipinski definition) is 2. The summed E-state index contributed by atoms with van der Waals surface area (Å²) in [5.41, 5.74) is 2.36. The largest absolute Gasteiger partial charge is 0.468 e. The molecule has 254 valence electrons. The van der Waals surface area contributed by atoms with Crippen molar-refractivity contribution in [3.63, 3.8) is 0 Å². The lowest BCUT2D eigenvalue weighted by Crippen LogP contribution is -2.45. The Hall–Kier alpha value is -4.11. The Bertz CT molecular complexity index is 1710. The molecule has 0 bridgehead atoms. The van der Waals surface area contributed by atoms with Crippen LogP contribution in [0, 0.1) is 11.8 Å². The van der Waals surface area contributed by atoms with Gasteiger partial charge >= 0.3 is 25.7 Å². The number of nitrogen functional groups attached to an aromatic ring is 1. The Morgan fingerprint density at radius 3 is 2.36 bits per heavy atom. The van der Waals surface area contributed by atoms with E-state index in [1.54, 1.807) is 58.0 Å². The summed E-state index contributed by atoms with van der Waals surface area (Å²) in [6.07, 6.45) is -3.28. The molecule has 7 atom stereocenters. The lowest BCUT2D eigenvalue weighted by atomic mass is 10.0. The molecule has 3 aromatic rings. The van der Waals surface area contributed by atoms with Crippen LogP contribution in [0.4, 0.5) is 10.2 Å². The molecular weight excluding hydrogens is 640 g/mol. The van der Waals surface area contributed by atoms with Gasteiger partial charge in [-0.05, 0) is 31.2 Å². The van der Waals surface area contributed by atoms with Crippen molar-refractivity contribution in [1.82, 2.24) is 19.7 Å². The minimum atomic E-state index is -4.65. The molecule has 3 N–H and O–H groups in total. The predicted octanol–water partition coefficient (Wildman–Crippen LogP) is 3.33. The predicted molar refractivity (Wildman–Crippen MR) is 162 cm³/mol. The number of fused-ring (bicyclic) bond motifs is 2. The van der Waals surface area contributed by atoms with Crippen molar-refractivity contribution in [2.45, 2.75) is 70.2 Å². The van der Waals surface area contributed by atoms with Crippen molar-refractivity contribution in [3.8, 4) is 5.75 Å². The van der Waals surface area contributed by atoms with Crippen molar-refractivity contribution in [3.05, 3.63) is 54.5 Å². The monoisotopic (exact) mass is 677 g/mol. The first kappa shape index (κ1) is 34.2. The number of carbonyl (C=O) groups excluding carboxylic acids is 3. The van der Waals surface area contributed by atoms with E-state index in [2.05, 4.69) is 15.2 Å². The quantitative estimate of drug-likeness (QED) is 0.152. The van der Waals surface area contributed by atoms with Crippen molar-refractivity contribution in [2.24, 2.45) is 11.8 Å². The highest BCUT2D eigenvalue weighted by Gasteiger charge is 2.94. The zero-order valence-corrected chi connectivity index (χ0v) is 27.5. The fourth-order valence-corrected chi connectivity index (χ4v) is 7.24. The van der Waals surface area contributed by atoms with Gasteiger partial charge in [0.2, 0.25) is 5.60 Å². The molecule has 15 nitrogen and oxygen atoms in total. The van der Waals surface area contributed by atoms with Crippen LogP contribution in [0.5, 0.6) is 5.75 Å². The number of benzene rings is 1. The van der Waals surface area contributed by atoms with Gasteiger partial charge in [0.15, 0.2) is 23.6 Å². The zero-order valence-electron chi connectivity index (χ0n) is 26.6. The first-order valence-corrected chi connectivity index (χ1v) is 16.4. The summed E-state index contributed by atoms with van der Waals surface area (Å²) >= 11 is 0. The summed E-state index contributed by atoms with van der Waals surface area (Å²) in [4.78, 5) is 42.8. The van der Waals surface area contributed by atoms with Crippen LogP contribution >= 0.6 is 7.75 Å². The van der Waals surface area contributed by atoms with E-state index in [1.165, 1.54) is 29.9 Å². The van der Waals surface area contributed by atoms with E-state index in [-0.39, 0.29) is 17.3 Å². The molecular formula is C30H37FN5O10P. The van der Waals surface area contributed by atoms with Gasteiger partial charge in [-0.3, -0.25) is 18.9 Å². The first-order valence-electron chi connectivity index (χ1n) is 14.9. The number of halogens is 1. The smallest absolute Gasteiger partial charge is 0.459 e. The Kier molecular flexibility index (Phi) is 9.34. The number of carbonyl (C=O) groups is 3. The van der Waals surface area contributed by atoms with Crippen LogP contribution in [0.25, 0.3) is 5.52 Å². The molecule has 2 fully saturated rings. The summed E-state index contributed by atoms with van der Waals surface area (Å²) in [7, 11) is -3.52. The SMILES string of the molecule is COC(=O)[C@H](C)N[P@](=O)(Oc1ccccc1)OC1[C@@]2(CF)O[C@@H](c3ccc4c(N)ncnn34)[C@H](OC(=O)C(C)C)[C@@]12OC(=O)C(C)C. The highest BCUT2D eigenvalue weighted by molar-refractivity contribution is 7.52. The number of ether oxygens (including phenoxy) is 4. The summed E-state index contributed by atoms with van der Waals surface area (Å²) < 4.78 is 66.2. The van der Waals surface area contributed by atoms with Crippen molar-refractivity contribution in [2.75, 3.05) is 19.5 Å². The number of para-hydroxylation sites is 1. The molecule has 1 aliphatic heterocycles. The number of aromatic nitrogens is 3. The van der Waals surface area contributed by atoms with E-state index in [0.717, 1.165) is 7.11 Å². The van der Waals surface area contributed by atoms with Gasteiger partial charge in [0.1, 0.15) is 36.4 Å². The topological polar surface area (TPSA) is 192 Å². The van der Waals surface area contributed by atoms with E-state index in [9.17, 15) is 18.9 Å². The van der Waals surface area contributed by atoms with Gasteiger partial charge in [0, 0.05) is 0 Å². The van der Waals surface area contributed by atoms with Crippen molar-refractivity contribution >= 4 is 37.0 Å². The van der Waals surface area contributed by atoms with Crippen LogP contribution in [-0.2, 0) is 42.4 Å². The fraction of sp³-hybridized carbons (Fsp3) is 0.500. The second kappa shape index (κ2) is 12.8. The summed E-state index contributed by atoms with van der Waals surface area (Å²) in [5, 5.41) is 6.74. The molecule has 1 saturated carbocycles. The lowest BCUT2D eigenvalue weighted by Gasteiger charge is -2.31. The van der Waals surface area contributed by atoms with Crippen molar-refractivity contribution in [1.29, 1.82) is 0 Å². The van der Waals surface area contributed by atoms with Crippen molar-refractivity contribution < 1.29 is 51.3 Å². The molecule has 0 amide bonds. The van der Waals surface area contributed by atoms with E-state index < -0.39 is 79.7 Å². The third-order valence-corrected chi connectivity index (χ3v) is 9.65. The second-order valence-electron chi connectivity index (χ2n) is 11.9. The van der Waals surface area contributed by atoms with Gasteiger partial charge in [0.05, 0.1) is 24.6 Å². The van der Waals surface area contributed by atoms with E-state index in [1.807, 2.05) is 0 Å². The fourth-order valence-electron chi connectivity index (χ4n) is 5.50. The number of nitrogens with one attached hydrogen (secondary N) is 1. The van der Waals surface area contributed by atoms with Crippen LogP contribution in [0.3, 0.4) is 0 Å². The summed E-state index contributed by atoms with van der Waals surface area (Å²) in [6.45, 7) is 6.30.